The maximum Gasteiger partial charge on any atom is 0.283 e. The molecule has 2 amide bonds. The van der Waals surface area contributed by atoms with Gasteiger partial charge < -0.3 is 9.32 Å². The third kappa shape index (κ3) is 3.84. The van der Waals surface area contributed by atoms with Crippen LogP contribution >= 0.6 is 11.8 Å². The fourth-order valence-electron chi connectivity index (χ4n) is 3.64. The van der Waals surface area contributed by atoms with E-state index in [1.54, 1.807) is 6.07 Å². The summed E-state index contributed by atoms with van der Waals surface area (Å²) >= 11 is 1.17. The van der Waals surface area contributed by atoms with Gasteiger partial charge in [-0.2, -0.15) is 15.1 Å². The summed E-state index contributed by atoms with van der Waals surface area (Å²) in [6.07, 6.45) is 3.71. The van der Waals surface area contributed by atoms with Crippen LogP contribution in [-0.2, 0) is 9.59 Å². The first kappa shape index (κ1) is 19.5. The Morgan fingerprint density at radius 1 is 1.16 bits per heavy atom. The number of fused-ring (bicyclic) bond motifs is 1. The van der Waals surface area contributed by atoms with Gasteiger partial charge in [0.05, 0.1) is 12.0 Å². The average molecular weight is 433 g/mol. The Bertz CT molecular complexity index is 1160. The highest BCUT2D eigenvalue weighted by atomic mass is 32.2. The van der Waals surface area contributed by atoms with E-state index >= 15 is 0 Å². The molecule has 0 bridgehead atoms. The molecule has 0 spiro atoms. The van der Waals surface area contributed by atoms with Crippen LogP contribution in [0.15, 0.2) is 62.5 Å². The van der Waals surface area contributed by atoms with E-state index in [0.717, 1.165) is 31.5 Å². The zero-order chi connectivity index (χ0) is 21.4. The second-order valence-electron chi connectivity index (χ2n) is 7.35. The third-order valence-electron chi connectivity index (χ3n) is 5.23. The topological polar surface area (TPSA) is 102 Å². The van der Waals surface area contributed by atoms with Gasteiger partial charge in [-0.3, -0.25) is 15.0 Å². The predicted molar refractivity (Wildman–Crippen MR) is 120 cm³/mol. The first-order valence-corrected chi connectivity index (χ1v) is 10.8. The quantitative estimate of drug-likeness (QED) is 0.743. The van der Waals surface area contributed by atoms with Gasteiger partial charge in [0.25, 0.3) is 5.91 Å². The number of carbonyl (C=O) groups is 2. The lowest BCUT2D eigenvalue weighted by Crippen LogP contribution is -2.35. The lowest BCUT2D eigenvalue weighted by atomic mass is 10.1. The Balaban J connectivity index is 1.35. The molecule has 4 heterocycles. The van der Waals surface area contributed by atoms with E-state index in [1.165, 1.54) is 22.8 Å². The van der Waals surface area contributed by atoms with E-state index in [9.17, 15) is 9.59 Å². The van der Waals surface area contributed by atoms with Crippen LogP contribution in [0.5, 0.6) is 0 Å². The molecule has 0 unspecified atom stereocenters. The molecule has 5 rings (SSSR count). The van der Waals surface area contributed by atoms with Crippen molar-refractivity contribution in [1.82, 2.24) is 9.91 Å². The number of nitrogens with zero attached hydrogens (tertiary/aromatic N) is 4. The van der Waals surface area contributed by atoms with E-state index in [1.807, 2.05) is 41.3 Å². The third-order valence-corrected chi connectivity index (χ3v) is 6.14. The van der Waals surface area contributed by atoms with Crippen molar-refractivity contribution >= 4 is 45.7 Å². The van der Waals surface area contributed by atoms with E-state index in [4.69, 9.17) is 9.83 Å². The lowest BCUT2D eigenvalue weighted by molar-refractivity contribution is -0.128. The molecule has 0 aliphatic carbocycles. The number of hydrogen-bond donors (Lipinski definition) is 1. The van der Waals surface area contributed by atoms with Gasteiger partial charge >= 0.3 is 0 Å². The van der Waals surface area contributed by atoms with Crippen LogP contribution in [0.25, 0.3) is 17.4 Å². The van der Waals surface area contributed by atoms with E-state index < -0.39 is 5.91 Å². The van der Waals surface area contributed by atoms with Gasteiger partial charge in [-0.25, -0.2) is 0 Å². The molecule has 1 fully saturated rings. The number of amides is 2. The molecule has 3 aliphatic rings. The smallest absolute Gasteiger partial charge is 0.283 e. The minimum atomic E-state index is -0.524. The number of likely N-dealkylation sites (tertiary alicyclic amines) is 1. The molecule has 156 valence electrons. The van der Waals surface area contributed by atoms with Gasteiger partial charge in [-0.15, -0.1) is 0 Å². The normalized spacial score (nSPS) is 19.7. The van der Waals surface area contributed by atoms with Crippen molar-refractivity contribution < 1.29 is 14.0 Å². The van der Waals surface area contributed by atoms with Crippen LogP contribution in [0, 0.1) is 5.41 Å². The summed E-state index contributed by atoms with van der Waals surface area (Å²) < 4.78 is 5.83. The van der Waals surface area contributed by atoms with Crippen LogP contribution in [0.1, 0.15) is 25.0 Å². The fourth-order valence-corrected chi connectivity index (χ4v) is 4.52. The van der Waals surface area contributed by atoms with E-state index in [2.05, 4.69) is 10.1 Å². The Hall–Kier alpha value is -3.46. The Kier molecular flexibility index (Phi) is 5.03. The number of furan rings is 1. The summed E-state index contributed by atoms with van der Waals surface area (Å²) in [7, 11) is 0. The molecule has 31 heavy (non-hydrogen) atoms. The van der Waals surface area contributed by atoms with Gasteiger partial charge in [0.15, 0.2) is 5.84 Å². The molecule has 9 heteroatoms. The summed E-state index contributed by atoms with van der Waals surface area (Å²) in [5, 5.41) is 15.0. The van der Waals surface area contributed by atoms with Crippen molar-refractivity contribution in [2.45, 2.75) is 19.3 Å². The van der Waals surface area contributed by atoms with Crippen LogP contribution in [0.2, 0.25) is 0 Å². The SMILES string of the molecule is N=C1/C(=C/c2ccc(-c3ccccc3)o2)C(=O)N=C2SC(CC(=O)N3CCCC3)=NN12. The molecule has 1 aromatic heterocycles. The van der Waals surface area contributed by atoms with Crippen molar-refractivity contribution in [2.24, 2.45) is 10.1 Å². The highest BCUT2D eigenvalue weighted by Gasteiger charge is 2.36. The molecule has 0 saturated carbocycles. The van der Waals surface area contributed by atoms with Crippen molar-refractivity contribution in [3.63, 3.8) is 0 Å². The lowest BCUT2D eigenvalue weighted by Gasteiger charge is -2.19. The van der Waals surface area contributed by atoms with Gasteiger partial charge in [-0.05, 0) is 42.8 Å². The number of aliphatic imine (C=N–C) groups is 1. The first-order chi connectivity index (χ1) is 15.1. The summed E-state index contributed by atoms with van der Waals surface area (Å²) in [6, 6.07) is 13.2. The maximum atomic E-state index is 12.6. The number of rotatable bonds is 4. The summed E-state index contributed by atoms with van der Waals surface area (Å²) in [5.41, 5.74) is 1.01. The molecule has 0 atom stereocenters. The molecule has 8 nitrogen and oxygen atoms in total. The van der Waals surface area contributed by atoms with Gasteiger partial charge in [0, 0.05) is 18.7 Å². The second-order valence-corrected chi connectivity index (χ2v) is 8.39. The standard InChI is InChI=1S/C22H19N5O3S/c23-20-16(12-15-8-9-17(30-15)14-6-2-1-3-7-14)21(29)24-22-27(20)25-18(31-22)13-19(28)26-10-4-5-11-26/h1-3,6-9,12,23H,4-5,10-11,13H2/b16-12-,23-20?. The molecule has 0 radical (unpaired) electrons. The number of nitrogens with one attached hydrogen (secondary N) is 1. The molecular weight excluding hydrogens is 414 g/mol. The van der Waals surface area contributed by atoms with Crippen molar-refractivity contribution in [3.8, 4) is 11.3 Å². The van der Waals surface area contributed by atoms with E-state index in [0.29, 0.717) is 21.7 Å². The number of amidine groups is 2. The van der Waals surface area contributed by atoms with Crippen LogP contribution in [-0.4, -0.2) is 50.9 Å². The molecule has 2 aromatic rings. The van der Waals surface area contributed by atoms with Gasteiger partial charge in [-0.1, -0.05) is 30.3 Å². The predicted octanol–water partition coefficient (Wildman–Crippen LogP) is 3.58. The maximum absolute atomic E-state index is 12.6. The summed E-state index contributed by atoms with van der Waals surface area (Å²) in [6.45, 7) is 1.55. The number of benzene rings is 1. The average Bonchev–Trinajstić information content (AvgIpc) is 3.52. The Labute approximate surface area is 182 Å². The van der Waals surface area contributed by atoms with Crippen LogP contribution < -0.4 is 0 Å². The first-order valence-electron chi connectivity index (χ1n) is 10.0. The Morgan fingerprint density at radius 2 is 1.94 bits per heavy atom. The van der Waals surface area contributed by atoms with Crippen molar-refractivity contribution in [2.75, 3.05) is 13.1 Å². The number of hydrogen-bond acceptors (Lipinski definition) is 6. The largest absolute Gasteiger partial charge is 0.457 e. The minimum absolute atomic E-state index is 0.0156. The number of carbonyl (C=O) groups excluding carboxylic acids is 2. The van der Waals surface area contributed by atoms with Crippen molar-refractivity contribution in [3.05, 3.63) is 53.8 Å². The van der Waals surface area contributed by atoms with E-state index in [-0.39, 0.29) is 23.7 Å². The van der Waals surface area contributed by atoms with Crippen molar-refractivity contribution in [1.29, 1.82) is 5.41 Å². The minimum Gasteiger partial charge on any atom is -0.457 e. The summed E-state index contributed by atoms with van der Waals surface area (Å²) in [4.78, 5) is 30.9. The highest BCUT2D eigenvalue weighted by molar-refractivity contribution is 8.27. The summed E-state index contributed by atoms with van der Waals surface area (Å²) in [5.74, 6) is 0.532. The zero-order valence-corrected chi connectivity index (χ0v) is 17.4. The highest BCUT2D eigenvalue weighted by Crippen LogP contribution is 2.30. The van der Waals surface area contributed by atoms with Crippen LogP contribution in [0.3, 0.4) is 0 Å². The zero-order valence-electron chi connectivity index (χ0n) is 16.6. The second kappa shape index (κ2) is 7.99. The fraction of sp³-hybridized carbons (Fsp3) is 0.227. The van der Waals surface area contributed by atoms with Gasteiger partial charge in [0.1, 0.15) is 16.6 Å². The number of hydrazone groups is 1. The molecule has 1 N–H and O–H groups in total. The van der Waals surface area contributed by atoms with Gasteiger partial charge in [0.2, 0.25) is 11.1 Å². The monoisotopic (exact) mass is 433 g/mol. The molecule has 1 saturated heterocycles. The molecule has 1 aromatic carbocycles. The Morgan fingerprint density at radius 3 is 2.71 bits per heavy atom. The van der Waals surface area contributed by atoms with Crippen LogP contribution in [0.4, 0.5) is 0 Å². The molecular formula is C22H19N5O3S. The molecule has 3 aliphatic heterocycles. The number of thioether (sulfide) groups is 1.